The van der Waals surface area contributed by atoms with Gasteiger partial charge in [0.15, 0.2) is 0 Å². The summed E-state index contributed by atoms with van der Waals surface area (Å²) in [5, 5.41) is 0. The first-order valence-corrected chi connectivity index (χ1v) is 6.01. The summed E-state index contributed by atoms with van der Waals surface area (Å²) in [5.41, 5.74) is 7.78. The van der Waals surface area contributed by atoms with Crippen LogP contribution in [-0.4, -0.2) is 9.55 Å². The number of halogens is 1. The zero-order chi connectivity index (χ0) is 13.2. The summed E-state index contributed by atoms with van der Waals surface area (Å²) in [6.45, 7) is 4.71. The van der Waals surface area contributed by atoms with Crippen molar-refractivity contribution in [3.8, 4) is 0 Å². The quantitative estimate of drug-likeness (QED) is 0.902. The van der Waals surface area contributed by atoms with Crippen molar-refractivity contribution in [1.29, 1.82) is 0 Å². The van der Waals surface area contributed by atoms with Crippen LogP contribution in [0.2, 0.25) is 0 Å². The van der Waals surface area contributed by atoms with E-state index < -0.39 is 5.54 Å². The van der Waals surface area contributed by atoms with Crippen molar-refractivity contribution in [3.05, 3.63) is 53.9 Å². The Balaban J connectivity index is 2.07. The molecule has 1 aromatic heterocycles. The third kappa shape index (κ3) is 2.96. The Morgan fingerprint density at radius 1 is 1.28 bits per heavy atom. The zero-order valence-corrected chi connectivity index (χ0v) is 10.7. The van der Waals surface area contributed by atoms with E-state index in [1.807, 2.05) is 18.4 Å². The van der Waals surface area contributed by atoms with Gasteiger partial charge in [0, 0.05) is 12.7 Å². The fourth-order valence-corrected chi connectivity index (χ4v) is 1.94. The molecule has 0 spiro atoms. The van der Waals surface area contributed by atoms with Crippen molar-refractivity contribution < 1.29 is 4.39 Å². The van der Waals surface area contributed by atoms with Crippen molar-refractivity contribution >= 4 is 0 Å². The number of rotatable bonds is 4. The Morgan fingerprint density at radius 3 is 2.56 bits per heavy atom. The van der Waals surface area contributed by atoms with Crippen molar-refractivity contribution in [3.63, 3.8) is 0 Å². The lowest BCUT2D eigenvalue weighted by Gasteiger charge is -2.20. The molecule has 0 fully saturated rings. The second kappa shape index (κ2) is 4.90. The third-order valence-corrected chi connectivity index (χ3v) is 2.93. The predicted molar refractivity (Wildman–Crippen MR) is 69.5 cm³/mol. The lowest BCUT2D eigenvalue weighted by atomic mass is 10.0. The van der Waals surface area contributed by atoms with Crippen molar-refractivity contribution in [2.75, 3.05) is 0 Å². The lowest BCUT2D eigenvalue weighted by Crippen LogP contribution is -2.31. The highest BCUT2D eigenvalue weighted by Gasteiger charge is 2.18. The van der Waals surface area contributed by atoms with Crippen LogP contribution in [0.3, 0.4) is 0 Å². The van der Waals surface area contributed by atoms with E-state index in [9.17, 15) is 4.39 Å². The molecule has 0 bridgehead atoms. The van der Waals surface area contributed by atoms with E-state index in [2.05, 4.69) is 4.98 Å². The predicted octanol–water partition coefficient (Wildman–Crippen LogP) is 2.46. The molecule has 1 heterocycles. The van der Waals surface area contributed by atoms with Crippen molar-refractivity contribution in [2.45, 2.75) is 32.4 Å². The number of hydrogen-bond donors (Lipinski definition) is 1. The Kier molecular flexibility index (Phi) is 3.48. The van der Waals surface area contributed by atoms with Crippen LogP contribution in [0.4, 0.5) is 4.39 Å². The molecule has 2 rings (SSSR count). The molecule has 4 heteroatoms. The van der Waals surface area contributed by atoms with Gasteiger partial charge in [-0.3, -0.25) is 0 Å². The molecular formula is C14H18FN3. The summed E-state index contributed by atoms with van der Waals surface area (Å²) in [5.74, 6) is -0.204. The molecule has 1 aromatic carbocycles. The number of benzene rings is 1. The van der Waals surface area contributed by atoms with E-state index in [1.54, 1.807) is 24.7 Å². The van der Waals surface area contributed by atoms with E-state index in [0.717, 1.165) is 24.2 Å². The number of imidazole rings is 1. The maximum Gasteiger partial charge on any atom is 0.123 e. The number of aromatic nitrogens is 2. The first-order chi connectivity index (χ1) is 8.47. The number of aryl methyl sites for hydroxylation is 2. The van der Waals surface area contributed by atoms with Gasteiger partial charge in [-0.15, -0.1) is 0 Å². The minimum absolute atomic E-state index is 0.204. The average Bonchev–Trinajstić information content (AvgIpc) is 2.76. The van der Waals surface area contributed by atoms with Crippen LogP contribution in [0.1, 0.15) is 25.1 Å². The molecule has 3 nitrogen and oxygen atoms in total. The van der Waals surface area contributed by atoms with Crippen LogP contribution in [0.5, 0.6) is 0 Å². The van der Waals surface area contributed by atoms with Crippen LogP contribution < -0.4 is 5.73 Å². The zero-order valence-electron chi connectivity index (χ0n) is 10.7. The summed E-state index contributed by atoms with van der Waals surface area (Å²) < 4.78 is 14.8. The molecule has 0 saturated heterocycles. The highest BCUT2D eigenvalue weighted by atomic mass is 19.1. The fraction of sp³-hybridized carbons (Fsp3) is 0.357. The van der Waals surface area contributed by atoms with Crippen LogP contribution in [0, 0.1) is 5.82 Å². The first kappa shape index (κ1) is 12.8. The van der Waals surface area contributed by atoms with Gasteiger partial charge in [-0.05, 0) is 38.0 Å². The van der Waals surface area contributed by atoms with Crippen molar-refractivity contribution in [2.24, 2.45) is 5.73 Å². The third-order valence-electron chi connectivity index (χ3n) is 2.93. The van der Waals surface area contributed by atoms with E-state index in [1.165, 1.54) is 12.1 Å². The molecule has 18 heavy (non-hydrogen) atoms. The topological polar surface area (TPSA) is 43.8 Å². The largest absolute Gasteiger partial charge is 0.333 e. The van der Waals surface area contributed by atoms with Crippen LogP contribution in [-0.2, 0) is 18.5 Å². The van der Waals surface area contributed by atoms with Gasteiger partial charge in [0.2, 0.25) is 0 Å². The summed E-state index contributed by atoms with van der Waals surface area (Å²) in [7, 11) is 0. The summed E-state index contributed by atoms with van der Waals surface area (Å²) in [4.78, 5) is 4.14. The van der Waals surface area contributed by atoms with Gasteiger partial charge in [-0.1, -0.05) is 12.1 Å². The summed E-state index contributed by atoms with van der Waals surface area (Å²) in [6, 6.07) is 6.58. The molecule has 96 valence electrons. The standard InChI is InChI=1S/C14H18FN3/c1-14(2,16)13-9-17-10-18(13)8-7-11-3-5-12(15)6-4-11/h3-6,9-10H,7-8,16H2,1-2H3. The van der Waals surface area contributed by atoms with Crippen molar-refractivity contribution in [1.82, 2.24) is 9.55 Å². The van der Waals surface area contributed by atoms with Crippen LogP contribution >= 0.6 is 0 Å². The average molecular weight is 247 g/mol. The number of nitrogens with zero attached hydrogens (tertiary/aromatic N) is 2. The Bertz CT molecular complexity index is 509. The summed E-state index contributed by atoms with van der Waals surface area (Å²) >= 11 is 0. The molecule has 0 aliphatic carbocycles. The number of hydrogen-bond acceptors (Lipinski definition) is 2. The smallest absolute Gasteiger partial charge is 0.123 e. The first-order valence-electron chi connectivity index (χ1n) is 6.01. The molecule has 0 aliphatic heterocycles. The minimum atomic E-state index is -0.403. The monoisotopic (exact) mass is 247 g/mol. The van der Waals surface area contributed by atoms with Gasteiger partial charge in [0.05, 0.1) is 17.6 Å². The molecule has 2 aromatic rings. The SMILES string of the molecule is CC(C)(N)c1cncn1CCc1ccc(F)cc1. The van der Waals surface area contributed by atoms with E-state index in [-0.39, 0.29) is 5.82 Å². The van der Waals surface area contributed by atoms with Gasteiger partial charge in [0.25, 0.3) is 0 Å². The van der Waals surface area contributed by atoms with Crippen LogP contribution in [0.15, 0.2) is 36.8 Å². The van der Waals surface area contributed by atoms with Gasteiger partial charge < -0.3 is 10.3 Å². The molecule has 0 amide bonds. The molecule has 0 radical (unpaired) electrons. The number of nitrogens with two attached hydrogens (primary N) is 1. The molecule has 2 N–H and O–H groups in total. The molecule has 0 atom stereocenters. The van der Waals surface area contributed by atoms with Gasteiger partial charge >= 0.3 is 0 Å². The highest BCUT2D eigenvalue weighted by Crippen LogP contribution is 2.16. The van der Waals surface area contributed by atoms with Gasteiger partial charge in [0.1, 0.15) is 5.82 Å². The minimum Gasteiger partial charge on any atom is -0.333 e. The Morgan fingerprint density at radius 2 is 1.94 bits per heavy atom. The second-order valence-electron chi connectivity index (χ2n) is 5.07. The normalized spacial score (nSPS) is 11.8. The lowest BCUT2D eigenvalue weighted by molar-refractivity contribution is 0.492. The summed E-state index contributed by atoms with van der Waals surface area (Å²) in [6.07, 6.45) is 4.41. The molecular weight excluding hydrogens is 229 g/mol. The molecule has 0 saturated carbocycles. The van der Waals surface area contributed by atoms with Gasteiger partial charge in [-0.25, -0.2) is 9.37 Å². The highest BCUT2D eigenvalue weighted by molar-refractivity contribution is 5.17. The molecule has 0 aliphatic rings. The maximum absolute atomic E-state index is 12.8. The molecule has 0 unspecified atom stereocenters. The van der Waals surface area contributed by atoms with Gasteiger partial charge in [-0.2, -0.15) is 0 Å². The van der Waals surface area contributed by atoms with E-state index in [0.29, 0.717) is 0 Å². The van der Waals surface area contributed by atoms with E-state index in [4.69, 9.17) is 5.73 Å². The maximum atomic E-state index is 12.8. The Hall–Kier alpha value is -1.68. The Labute approximate surface area is 106 Å². The fourth-order valence-electron chi connectivity index (χ4n) is 1.94. The van der Waals surface area contributed by atoms with E-state index >= 15 is 0 Å². The van der Waals surface area contributed by atoms with Crippen LogP contribution in [0.25, 0.3) is 0 Å². The second-order valence-corrected chi connectivity index (χ2v) is 5.07.